The Balaban J connectivity index is 1.30. The SMILES string of the molecule is CCOc1cc(C2C(C#N)=C(N)Oc3cc(OC(=O)c4sc5cc(Cl)cc(Cl)c5c4Cl)ccc32)ccc1OCc1ccc(F)cc1. The third-order valence-electron chi connectivity index (χ3n) is 7.14. The van der Waals surface area contributed by atoms with Gasteiger partial charge in [0, 0.05) is 26.7 Å². The summed E-state index contributed by atoms with van der Waals surface area (Å²) in [5, 5.41) is 11.5. The zero-order chi connectivity index (χ0) is 32.5. The van der Waals surface area contributed by atoms with Gasteiger partial charge in [-0.15, -0.1) is 11.3 Å². The van der Waals surface area contributed by atoms with Gasteiger partial charge in [0.25, 0.3) is 0 Å². The lowest BCUT2D eigenvalue weighted by Crippen LogP contribution is -2.21. The van der Waals surface area contributed by atoms with E-state index in [1.165, 1.54) is 18.2 Å². The number of thiophene rings is 1. The summed E-state index contributed by atoms with van der Waals surface area (Å²) in [5.41, 5.74) is 8.52. The molecule has 12 heteroatoms. The zero-order valence-electron chi connectivity index (χ0n) is 23.9. The summed E-state index contributed by atoms with van der Waals surface area (Å²) in [5.74, 6) is -0.315. The molecule has 0 amide bonds. The van der Waals surface area contributed by atoms with Gasteiger partial charge in [-0.05, 0) is 60.5 Å². The van der Waals surface area contributed by atoms with E-state index in [0.29, 0.717) is 55.1 Å². The number of halogens is 4. The summed E-state index contributed by atoms with van der Waals surface area (Å²) in [6, 6.07) is 21.6. The number of nitriles is 1. The predicted molar refractivity (Wildman–Crippen MR) is 176 cm³/mol. The number of ether oxygens (including phenoxy) is 4. The first-order chi connectivity index (χ1) is 22.2. The van der Waals surface area contributed by atoms with Crippen molar-refractivity contribution in [3.63, 3.8) is 0 Å². The van der Waals surface area contributed by atoms with Crippen LogP contribution in [0.3, 0.4) is 0 Å². The fourth-order valence-corrected chi connectivity index (χ4v) is 7.32. The van der Waals surface area contributed by atoms with Gasteiger partial charge < -0.3 is 24.7 Å². The van der Waals surface area contributed by atoms with Gasteiger partial charge in [-0.1, -0.05) is 59.1 Å². The van der Waals surface area contributed by atoms with E-state index in [1.54, 1.807) is 48.5 Å². The van der Waals surface area contributed by atoms with E-state index in [4.69, 9.17) is 59.5 Å². The van der Waals surface area contributed by atoms with Crippen molar-refractivity contribution in [3.05, 3.63) is 127 Å². The number of carbonyl (C=O) groups excluding carboxylic acids is 1. The highest BCUT2D eigenvalue weighted by Gasteiger charge is 2.32. The second kappa shape index (κ2) is 13.1. The number of nitrogens with two attached hydrogens (primary N) is 1. The molecule has 0 saturated carbocycles. The van der Waals surface area contributed by atoms with Crippen molar-refractivity contribution >= 4 is 62.2 Å². The Morgan fingerprint density at radius 3 is 2.54 bits per heavy atom. The molecule has 0 saturated heterocycles. The van der Waals surface area contributed by atoms with Gasteiger partial charge in [0.2, 0.25) is 5.88 Å². The van der Waals surface area contributed by atoms with Gasteiger partial charge in [0.1, 0.15) is 40.4 Å². The van der Waals surface area contributed by atoms with Crippen molar-refractivity contribution < 1.29 is 28.1 Å². The molecule has 1 aromatic heterocycles. The molecule has 2 heterocycles. The highest BCUT2D eigenvalue weighted by Crippen LogP contribution is 2.46. The van der Waals surface area contributed by atoms with E-state index in [2.05, 4.69) is 6.07 Å². The summed E-state index contributed by atoms with van der Waals surface area (Å²) in [6.45, 7) is 2.41. The molecule has 0 spiro atoms. The molecule has 1 aliphatic rings. The van der Waals surface area contributed by atoms with Gasteiger partial charge in [0.05, 0.1) is 22.6 Å². The van der Waals surface area contributed by atoms with E-state index in [9.17, 15) is 14.4 Å². The van der Waals surface area contributed by atoms with Crippen LogP contribution in [0.5, 0.6) is 23.0 Å². The molecule has 1 unspecified atom stereocenters. The quantitative estimate of drug-likeness (QED) is 0.127. The molecule has 46 heavy (non-hydrogen) atoms. The molecule has 6 rings (SSSR count). The minimum atomic E-state index is -0.690. The Morgan fingerprint density at radius 1 is 1.02 bits per heavy atom. The van der Waals surface area contributed by atoms with Gasteiger partial charge in [-0.3, -0.25) is 0 Å². The van der Waals surface area contributed by atoms with E-state index < -0.39 is 11.9 Å². The first kappa shape index (κ1) is 31.5. The minimum Gasteiger partial charge on any atom is -0.490 e. The average Bonchev–Trinajstić information content (AvgIpc) is 3.36. The maximum Gasteiger partial charge on any atom is 0.355 e. The average molecular weight is 696 g/mol. The van der Waals surface area contributed by atoms with Crippen LogP contribution in [-0.2, 0) is 6.61 Å². The Labute approximate surface area is 282 Å². The Morgan fingerprint density at radius 2 is 1.80 bits per heavy atom. The Bertz CT molecular complexity index is 2070. The molecule has 0 fully saturated rings. The molecule has 7 nitrogen and oxygen atoms in total. The number of hydrogen-bond acceptors (Lipinski definition) is 8. The lowest BCUT2D eigenvalue weighted by Gasteiger charge is -2.27. The lowest BCUT2D eigenvalue weighted by atomic mass is 9.83. The Kier molecular flexibility index (Phi) is 8.98. The highest BCUT2D eigenvalue weighted by molar-refractivity contribution is 7.21. The number of benzene rings is 4. The lowest BCUT2D eigenvalue weighted by molar-refractivity contribution is 0.0739. The smallest absolute Gasteiger partial charge is 0.355 e. The summed E-state index contributed by atoms with van der Waals surface area (Å²) >= 11 is 20.0. The summed E-state index contributed by atoms with van der Waals surface area (Å²) in [4.78, 5) is 13.3. The molecule has 5 aromatic rings. The van der Waals surface area contributed by atoms with Crippen molar-refractivity contribution in [2.75, 3.05) is 6.61 Å². The molecule has 2 N–H and O–H groups in total. The third-order valence-corrected chi connectivity index (χ3v) is 9.27. The number of carbonyl (C=O) groups is 1. The maximum absolute atomic E-state index is 13.3. The van der Waals surface area contributed by atoms with Crippen LogP contribution in [0, 0.1) is 17.1 Å². The summed E-state index contributed by atoms with van der Waals surface area (Å²) in [6.07, 6.45) is 0. The molecular weight excluding hydrogens is 674 g/mol. The van der Waals surface area contributed by atoms with E-state index in [1.807, 2.05) is 13.0 Å². The first-order valence-corrected chi connectivity index (χ1v) is 15.8. The second-order valence-corrected chi connectivity index (χ2v) is 12.3. The Hall–Kier alpha value is -4.46. The molecule has 0 aliphatic carbocycles. The van der Waals surface area contributed by atoms with E-state index >= 15 is 0 Å². The van der Waals surface area contributed by atoms with Gasteiger partial charge in [-0.25, -0.2) is 9.18 Å². The molecule has 4 aromatic carbocycles. The molecular formula is C34H22Cl3FN2O5S. The van der Waals surface area contributed by atoms with Gasteiger partial charge in [0.15, 0.2) is 11.5 Å². The van der Waals surface area contributed by atoms with Crippen molar-refractivity contribution in [2.24, 2.45) is 5.73 Å². The normalized spacial score (nSPS) is 14.0. The van der Waals surface area contributed by atoms with Crippen molar-refractivity contribution in [2.45, 2.75) is 19.4 Å². The summed E-state index contributed by atoms with van der Waals surface area (Å²) < 4.78 is 37.3. The van der Waals surface area contributed by atoms with Crippen LogP contribution in [0.25, 0.3) is 10.1 Å². The van der Waals surface area contributed by atoms with Crippen LogP contribution in [0.1, 0.15) is 39.2 Å². The minimum absolute atomic E-state index is 0.0860. The van der Waals surface area contributed by atoms with Crippen LogP contribution < -0.4 is 24.7 Å². The van der Waals surface area contributed by atoms with E-state index in [-0.39, 0.29) is 39.5 Å². The number of fused-ring (bicyclic) bond motifs is 2. The van der Waals surface area contributed by atoms with Crippen LogP contribution in [0.4, 0.5) is 4.39 Å². The first-order valence-electron chi connectivity index (χ1n) is 13.8. The molecule has 0 radical (unpaired) electrons. The number of rotatable bonds is 8. The maximum atomic E-state index is 13.3. The monoisotopic (exact) mass is 694 g/mol. The highest BCUT2D eigenvalue weighted by atomic mass is 35.5. The topological polar surface area (TPSA) is 104 Å². The fourth-order valence-electron chi connectivity index (χ4n) is 5.07. The zero-order valence-corrected chi connectivity index (χ0v) is 27.0. The van der Waals surface area contributed by atoms with Crippen molar-refractivity contribution in [1.29, 1.82) is 5.26 Å². The third kappa shape index (κ3) is 6.17. The molecule has 1 aliphatic heterocycles. The van der Waals surface area contributed by atoms with Crippen LogP contribution in [-0.4, -0.2) is 12.6 Å². The number of esters is 1. The molecule has 0 bridgehead atoms. The fraction of sp³-hybridized carbons (Fsp3) is 0.118. The largest absolute Gasteiger partial charge is 0.490 e. The van der Waals surface area contributed by atoms with Crippen molar-refractivity contribution in [3.8, 4) is 29.1 Å². The van der Waals surface area contributed by atoms with Crippen LogP contribution >= 0.6 is 46.1 Å². The molecule has 232 valence electrons. The van der Waals surface area contributed by atoms with Crippen LogP contribution in [0.15, 0.2) is 84.3 Å². The van der Waals surface area contributed by atoms with E-state index in [0.717, 1.165) is 16.9 Å². The number of nitrogens with zero attached hydrogens (tertiary/aromatic N) is 1. The second-order valence-electron chi connectivity index (χ2n) is 10.1. The van der Waals surface area contributed by atoms with Gasteiger partial charge in [-0.2, -0.15) is 5.26 Å². The van der Waals surface area contributed by atoms with Gasteiger partial charge >= 0.3 is 5.97 Å². The van der Waals surface area contributed by atoms with Crippen molar-refractivity contribution in [1.82, 2.24) is 0 Å². The standard InChI is InChI=1S/C34H22Cl3FN2O5S/c1-2-42-27-11-18(5-10-25(27)43-16-17-3-6-20(38)7-4-17)29-22-9-8-21(14-26(22)45-33(40)23(29)15-39)44-34(41)32-31(37)30-24(36)12-19(35)13-28(30)46-32/h3-14,29H,2,16,40H2,1H3. The molecule has 1 atom stereocenters. The summed E-state index contributed by atoms with van der Waals surface area (Å²) in [7, 11) is 0. The predicted octanol–water partition coefficient (Wildman–Crippen LogP) is 9.42. The van der Waals surface area contributed by atoms with Crippen LogP contribution in [0.2, 0.25) is 15.1 Å². The number of hydrogen-bond donors (Lipinski definition) is 1. The number of allylic oxidation sites excluding steroid dienone is 1.